The minimum absolute atomic E-state index is 0.0663. The maximum absolute atomic E-state index is 11.6. The number of hydrogen-bond donors (Lipinski definition) is 0. The Labute approximate surface area is 106 Å². The number of esters is 1. The average Bonchev–Trinajstić information content (AvgIpc) is 2.79. The highest BCUT2D eigenvalue weighted by atomic mass is 16.8. The molecule has 0 aromatic carbocycles. The van der Waals surface area contributed by atoms with Crippen molar-refractivity contribution >= 4 is 5.97 Å². The summed E-state index contributed by atoms with van der Waals surface area (Å²) in [7, 11) is 1.51. The highest BCUT2D eigenvalue weighted by Gasteiger charge is 2.45. The van der Waals surface area contributed by atoms with E-state index in [2.05, 4.69) is 0 Å². The minimum atomic E-state index is -0.667. The van der Waals surface area contributed by atoms with Crippen LogP contribution in [-0.4, -0.2) is 44.5 Å². The Morgan fingerprint density at radius 1 is 1.44 bits per heavy atom. The Bertz CT molecular complexity index is 373. The smallest absolute Gasteiger partial charge is 0.338 e. The molecule has 2 atom stereocenters. The molecule has 0 bridgehead atoms. The molecule has 0 spiro atoms. The van der Waals surface area contributed by atoms with Gasteiger partial charge in [-0.15, -0.1) is 0 Å². The van der Waals surface area contributed by atoms with Crippen molar-refractivity contribution in [1.29, 1.82) is 0 Å². The molecule has 18 heavy (non-hydrogen) atoms. The van der Waals surface area contributed by atoms with Gasteiger partial charge in [-0.3, -0.25) is 0 Å². The van der Waals surface area contributed by atoms with Gasteiger partial charge in [-0.05, 0) is 20.8 Å². The van der Waals surface area contributed by atoms with E-state index in [0.29, 0.717) is 17.9 Å². The van der Waals surface area contributed by atoms with Crippen LogP contribution in [0.25, 0.3) is 0 Å². The van der Waals surface area contributed by atoms with E-state index in [1.807, 2.05) is 13.8 Å². The van der Waals surface area contributed by atoms with Crippen LogP contribution in [0.4, 0.5) is 0 Å². The quantitative estimate of drug-likeness (QED) is 0.553. The zero-order chi connectivity index (χ0) is 13.3. The second-order valence-electron chi connectivity index (χ2n) is 4.73. The number of carbonyl (C=O) groups is 1. The number of carbonyl (C=O) groups excluding carboxylic acids is 1. The van der Waals surface area contributed by atoms with Crippen LogP contribution >= 0.6 is 0 Å². The van der Waals surface area contributed by atoms with Gasteiger partial charge in [-0.25, -0.2) is 4.79 Å². The molecule has 1 saturated heterocycles. The lowest BCUT2D eigenvalue weighted by Crippen LogP contribution is -2.33. The first kappa shape index (κ1) is 13.3. The van der Waals surface area contributed by atoms with Crippen LogP contribution < -0.4 is 0 Å². The van der Waals surface area contributed by atoms with Crippen LogP contribution in [0.1, 0.15) is 20.8 Å². The number of ether oxygens (including phenoxy) is 5. The molecule has 0 aromatic rings. The van der Waals surface area contributed by atoms with Crippen molar-refractivity contribution in [3.05, 3.63) is 11.3 Å². The molecule has 6 heteroatoms. The highest BCUT2D eigenvalue weighted by Crippen LogP contribution is 2.33. The summed E-state index contributed by atoms with van der Waals surface area (Å²) >= 11 is 0. The summed E-state index contributed by atoms with van der Waals surface area (Å²) in [5.74, 6) is -0.590. The molecule has 0 aliphatic carbocycles. The lowest BCUT2D eigenvalue weighted by atomic mass is 10.1. The van der Waals surface area contributed by atoms with Gasteiger partial charge in [0.05, 0.1) is 12.2 Å². The first-order valence-corrected chi connectivity index (χ1v) is 5.80. The Morgan fingerprint density at radius 3 is 2.72 bits per heavy atom. The molecule has 0 N–H and O–H groups in total. The molecule has 0 unspecified atom stereocenters. The first-order chi connectivity index (χ1) is 8.44. The number of hydrogen-bond acceptors (Lipinski definition) is 6. The van der Waals surface area contributed by atoms with Crippen molar-refractivity contribution in [3.8, 4) is 0 Å². The fourth-order valence-corrected chi connectivity index (χ4v) is 1.99. The summed E-state index contributed by atoms with van der Waals surface area (Å²) in [6.07, 6.45) is -0.914. The fourth-order valence-electron chi connectivity index (χ4n) is 1.99. The molecule has 0 radical (unpaired) electrons. The minimum Gasteiger partial charge on any atom is -0.467 e. The second kappa shape index (κ2) is 4.87. The van der Waals surface area contributed by atoms with Gasteiger partial charge in [-0.1, -0.05) is 0 Å². The molecule has 1 fully saturated rings. The topological polar surface area (TPSA) is 63.2 Å². The molecule has 0 aromatic heterocycles. The summed E-state index contributed by atoms with van der Waals surface area (Å²) in [5, 5.41) is 0. The largest absolute Gasteiger partial charge is 0.467 e. The average molecular weight is 258 g/mol. The molecule has 102 valence electrons. The lowest BCUT2D eigenvalue weighted by Gasteiger charge is -2.22. The van der Waals surface area contributed by atoms with Crippen molar-refractivity contribution < 1.29 is 28.5 Å². The third-order valence-electron chi connectivity index (χ3n) is 2.87. The van der Waals surface area contributed by atoms with Crippen molar-refractivity contribution in [3.63, 3.8) is 0 Å². The van der Waals surface area contributed by atoms with E-state index >= 15 is 0 Å². The standard InChI is InChI=1S/C12H18O6/c1-7-9(15-6-14-4)10(17-11(7)13)8-5-16-12(2,3)18-8/h8,10H,5-6H2,1-4H3/t8-,10+/m0/s1. The predicted molar refractivity (Wildman–Crippen MR) is 60.4 cm³/mol. The van der Waals surface area contributed by atoms with Crippen LogP contribution in [0.2, 0.25) is 0 Å². The van der Waals surface area contributed by atoms with E-state index in [9.17, 15) is 4.79 Å². The van der Waals surface area contributed by atoms with Crippen molar-refractivity contribution in [2.75, 3.05) is 20.5 Å². The second-order valence-corrected chi connectivity index (χ2v) is 4.73. The molecule has 2 aliphatic heterocycles. The predicted octanol–water partition coefficient (Wildman–Crippen LogP) is 0.958. The molecule has 0 saturated carbocycles. The molecule has 2 rings (SSSR count). The molecule has 2 heterocycles. The molecule has 6 nitrogen and oxygen atoms in total. The Balaban J connectivity index is 2.11. The molecular weight excluding hydrogens is 240 g/mol. The molecule has 2 aliphatic rings. The normalized spacial score (nSPS) is 30.8. The Morgan fingerprint density at radius 2 is 2.17 bits per heavy atom. The maximum atomic E-state index is 11.6. The van der Waals surface area contributed by atoms with E-state index in [4.69, 9.17) is 23.7 Å². The Kier molecular flexibility index (Phi) is 3.61. The zero-order valence-electron chi connectivity index (χ0n) is 11.0. The summed E-state index contributed by atoms with van der Waals surface area (Å²) in [6, 6.07) is 0. The SMILES string of the molecule is COCOC1=C(C)C(=O)O[C@@H]1[C@@H]1COC(C)(C)O1. The summed E-state index contributed by atoms with van der Waals surface area (Å²) < 4.78 is 26.7. The van der Waals surface area contributed by atoms with E-state index < -0.39 is 11.9 Å². The van der Waals surface area contributed by atoms with Crippen molar-refractivity contribution in [1.82, 2.24) is 0 Å². The van der Waals surface area contributed by atoms with E-state index in [0.717, 1.165) is 0 Å². The number of rotatable bonds is 4. The van der Waals surface area contributed by atoms with E-state index in [1.54, 1.807) is 6.92 Å². The summed E-state index contributed by atoms with van der Waals surface area (Å²) in [5.41, 5.74) is 0.449. The van der Waals surface area contributed by atoms with Gasteiger partial charge >= 0.3 is 5.97 Å². The van der Waals surface area contributed by atoms with Crippen molar-refractivity contribution in [2.45, 2.75) is 38.8 Å². The third kappa shape index (κ3) is 2.50. The first-order valence-electron chi connectivity index (χ1n) is 5.80. The maximum Gasteiger partial charge on any atom is 0.338 e. The monoisotopic (exact) mass is 258 g/mol. The lowest BCUT2D eigenvalue weighted by molar-refractivity contribution is -0.164. The molecular formula is C12H18O6. The van der Waals surface area contributed by atoms with Gasteiger partial charge in [0.2, 0.25) is 0 Å². The van der Waals surface area contributed by atoms with Gasteiger partial charge in [0.15, 0.2) is 24.4 Å². The fraction of sp³-hybridized carbons (Fsp3) is 0.750. The van der Waals surface area contributed by atoms with E-state index in [1.165, 1.54) is 7.11 Å². The summed E-state index contributed by atoms with van der Waals surface area (Å²) in [6.45, 7) is 5.72. The molecule has 0 amide bonds. The van der Waals surface area contributed by atoms with Crippen LogP contribution in [0.3, 0.4) is 0 Å². The summed E-state index contributed by atoms with van der Waals surface area (Å²) in [4.78, 5) is 11.6. The zero-order valence-corrected chi connectivity index (χ0v) is 11.0. The van der Waals surface area contributed by atoms with Gasteiger partial charge in [0.25, 0.3) is 0 Å². The Hall–Kier alpha value is -1.11. The van der Waals surface area contributed by atoms with Crippen LogP contribution in [0.15, 0.2) is 11.3 Å². The van der Waals surface area contributed by atoms with Crippen molar-refractivity contribution in [2.24, 2.45) is 0 Å². The van der Waals surface area contributed by atoms with Crippen LogP contribution in [0, 0.1) is 0 Å². The van der Waals surface area contributed by atoms with E-state index in [-0.39, 0.29) is 18.9 Å². The van der Waals surface area contributed by atoms with Crippen LogP contribution in [-0.2, 0) is 28.5 Å². The van der Waals surface area contributed by atoms with Gasteiger partial charge in [-0.2, -0.15) is 0 Å². The van der Waals surface area contributed by atoms with Crippen LogP contribution in [0.5, 0.6) is 0 Å². The van der Waals surface area contributed by atoms with Gasteiger partial charge in [0.1, 0.15) is 6.10 Å². The third-order valence-corrected chi connectivity index (χ3v) is 2.87. The highest BCUT2D eigenvalue weighted by molar-refractivity contribution is 5.91. The van der Waals surface area contributed by atoms with Gasteiger partial charge < -0.3 is 23.7 Å². The number of methoxy groups -OCH3 is 1. The van der Waals surface area contributed by atoms with Gasteiger partial charge in [0, 0.05) is 7.11 Å². The number of cyclic esters (lactones) is 1.